The standard InChI is InChI=1S/C17H12N2O6S/c20-12-6-5-10(14(21)8-12)7-15-16(22)18(17(23)26-15)9-11-3-1-2-4-13(11)19(24)25/h1-8,20-21H,9H2/b15-7-. The Morgan fingerprint density at radius 3 is 2.58 bits per heavy atom. The highest BCUT2D eigenvalue weighted by molar-refractivity contribution is 8.18. The van der Waals surface area contributed by atoms with Gasteiger partial charge in [0.15, 0.2) is 0 Å². The molecule has 0 radical (unpaired) electrons. The van der Waals surface area contributed by atoms with Crippen LogP contribution in [0.2, 0.25) is 0 Å². The predicted octanol–water partition coefficient (Wildman–Crippen LogP) is 3.24. The molecule has 1 aliphatic rings. The number of carbonyl (C=O) groups excluding carboxylic acids is 2. The smallest absolute Gasteiger partial charge is 0.293 e. The SMILES string of the molecule is O=C1S/C(=C\c2ccc(O)cc2O)C(=O)N1Cc1ccccc1[N+](=O)[O-]. The first kappa shape index (κ1) is 17.5. The van der Waals surface area contributed by atoms with Crippen molar-refractivity contribution in [2.24, 2.45) is 0 Å². The van der Waals surface area contributed by atoms with E-state index in [4.69, 9.17) is 0 Å². The van der Waals surface area contributed by atoms with Crippen molar-refractivity contribution in [1.82, 2.24) is 4.90 Å². The van der Waals surface area contributed by atoms with E-state index in [-0.39, 0.29) is 39.8 Å². The number of thioether (sulfide) groups is 1. The van der Waals surface area contributed by atoms with Crippen LogP contribution in [0.3, 0.4) is 0 Å². The average Bonchev–Trinajstić information content (AvgIpc) is 2.85. The molecule has 0 spiro atoms. The minimum Gasteiger partial charge on any atom is -0.508 e. The summed E-state index contributed by atoms with van der Waals surface area (Å²) < 4.78 is 0. The van der Waals surface area contributed by atoms with Crippen LogP contribution < -0.4 is 0 Å². The highest BCUT2D eigenvalue weighted by atomic mass is 32.2. The maximum atomic E-state index is 12.5. The molecule has 0 aliphatic carbocycles. The first-order valence-electron chi connectivity index (χ1n) is 7.36. The Kier molecular flexibility index (Phi) is 4.63. The Labute approximate surface area is 151 Å². The second-order valence-corrected chi connectivity index (χ2v) is 6.39. The van der Waals surface area contributed by atoms with Gasteiger partial charge in [-0.2, -0.15) is 0 Å². The molecule has 2 amide bonds. The summed E-state index contributed by atoms with van der Waals surface area (Å²) in [4.78, 5) is 36.2. The lowest BCUT2D eigenvalue weighted by Gasteiger charge is -2.12. The van der Waals surface area contributed by atoms with E-state index in [1.54, 1.807) is 6.07 Å². The van der Waals surface area contributed by atoms with E-state index in [1.807, 2.05) is 0 Å². The zero-order chi connectivity index (χ0) is 18.8. The lowest BCUT2D eigenvalue weighted by atomic mass is 10.1. The van der Waals surface area contributed by atoms with Crippen LogP contribution in [0.15, 0.2) is 47.4 Å². The van der Waals surface area contributed by atoms with E-state index in [0.717, 1.165) is 11.0 Å². The van der Waals surface area contributed by atoms with Gasteiger partial charge in [-0.3, -0.25) is 24.6 Å². The molecule has 3 rings (SSSR count). The molecule has 0 atom stereocenters. The van der Waals surface area contributed by atoms with Gasteiger partial charge in [0.05, 0.1) is 16.4 Å². The molecule has 9 heteroatoms. The van der Waals surface area contributed by atoms with E-state index in [9.17, 15) is 29.9 Å². The van der Waals surface area contributed by atoms with Crippen molar-refractivity contribution in [3.8, 4) is 11.5 Å². The van der Waals surface area contributed by atoms with Gasteiger partial charge in [0.25, 0.3) is 16.8 Å². The molecule has 2 N–H and O–H groups in total. The number of para-hydroxylation sites is 1. The first-order chi connectivity index (χ1) is 12.4. The van der Waals surface area contributed by atoms with Gasteiger partial charge >= 0.3 is 0 Å². The number of nitro benzene ring substituents is 1. The maximum absolute atomic E-state index is 12.5. The fourth-order valence-electron chi connectivity index (χ4n) is 2.42. The highest BCUT2D eigenvalue weighted by Crippen LogP contribution is 2.36. The third-order valence-electron chi connectivity index (χ3n) is 3.69. The van der Waals surface area contributed by atoms with Gasteiger partial charge in [0.2, 0.25) is 0 Å². The minimum atomic E-state index is -0.606. The number of nitrogens with zero attached hydrogens (tertiary/aromatic N) is 2. The van der Waals surface area contributed by atoms with Gasteiger partial charge in [-0.1, -0.05) is 18.2 Å². The van der Waals surface area contributed by atoms with Crippen molar-refractivity contribution in [1.29, 1.82) is 0 Å². The van der Waals surface area contributed by atoms with Gasteiger partial charge in [0.1, 0.15) is 11.5 Å². The highest BCUT2D eigenvalue weighted by Gasteiger charge is 2.36. The molecule has 132 valence electrons. The summed E-state index contributed by atoms with van der Waals surface area (Å²) in [5.41, 5.74) is 0.333. The largest absolute Gasteiger partial charge is 0.508 e. The van der Waals surface area contributed by atoms with E-state index in [0.29, 0.717) is 11.8 Å². The number of benzene rings is 2. The summed E-state index contributed by atoms with van der Waals surface area (Å²) in [7, 11) is 0. The lowest BCUT2D eigenvalue weighted by molar-refractivity contribution is -0.385. The monoisotopic (exact) mass is 372 g/mol. The maximum Gasteiger partial charge on any atom is 0.293 e. The van der Waals surface area contributed by atoms with Crippen LogP contribution in [0.4, 0.5) is 10.5 Å². The molecule has 1 heterocycles. The van der Waals surface area contributed by atoms with Crippen LogP contribution in [-0.2, 0) is 11.3 Å². The van der Waals surface area contributed by atoms with Crippen molar-refractivity contribution in [2.75, 3.05) is 0 Å². The lowest BCUT2D eigenvalue weighted by Crippen LogP contribution is -2.27. The normalized spacial score (nSPS) is 15.7. The molecule has 8 nitrogen and oxygen atoms in total. The Morgan fingerprint density at radius 1 is 1.15 bits per heavy atom. The summed E-state index contributed by atoms with van der Waals surface area (Å²) in [5, 5.41) is 29.6. The molecule has 2 aromatic carbocycles. The zero-order valence-electron chi connectivity index (χ0n) is 13.2. The first-order valence-corrected chi connectivity index (χ1v) is 8.18. The zero-order valence-corrected chi connectivity index (χ0v) is 14.0. The number of nitro groups is 1. The molecule has 0 aromatic heterocycles. The molecular weight excluding hydrogens is 360 g/mol. The van der Waals surface area contributed by atoms with Crippen molar-refractivity contribution in [2.45, 2.75) is 6.54 Å². The number of phenols is 2. The van der Waals surface area contributed by atoms with Crippen molar-refractivity contribution in [3.05, 3.63) is 68.6 Å². The molecule has 1 saturated heterocycles. The predicted molar refractivity (Wildman–Crippen MR) is 94.4 cm³/mol. The molecule has 26 heavy (non-hydrogen) atoms. The van der Waals surface area contributed by atoms with Crippen LogP contribution in [-0.4, -0.2) is 31.2 Å². The van der Waals surface area contributed by atoms with E-state index < -0.39 is 16.1 Å². The van der Waals surface area contributed by atoms with Crippen molar-refractivity contribution in [3.63, 3.8) is 0 Å². The average molecular weight is 372 g/mol. The van der Waals surface area contributed by atoms with Crippen molar-refractivity contribution < 1.29 is 24.7 Å². The number of rotatable bonds is 4. The van der Waals surface area contributed by atoms with Gasteiger partial charge in [-0.05, 0) is 30.0 Å². The summed E-state index contributed by atoms with van der Waals surface area (Å²) in [6.45, 7) is -0.222. The van der Waals surface area contributed by atoms with Crippen LogP contribution in [0, 0.1) is 10.1 Å². The van der Waals surface area contributed by atoms with Crippen LogP contribution in [0.1, 0.15) is 11.1 Å². The number of hydrogen-bond acceptors (Lipinski definition) is 7. The summed E-state index contributed by atoms with van der Waals surface area (Å²) in [6, 6.07) is 9.73. The van der Waals surface area contributed by atoms with E-state index in [1.165, 1.54) is 36.4 Å². The Bertz CT molecular complexity index is 956. The van der Waals surface area contributed by atoms with Gasteiger partial charge in [-0.15, -0.1) is 0 Å². The summed E-state index contributed by atoms with van der Waals surface area (Å²) in [5.74, 6) is -0.981. The molecule has 2 aromatic rings. The number of amides is 2. The van der Waals surface area contributed by atoms with Gasteiger partial charge < -0.3 is 10.2 Å². The number of imide groups is 1. The second-order valence-electron chi connectivity index (χ2n) is 5.40. The van der Waals surface area contributed by atoms with Crippen LogP contribution in [0.25, 0.3) is 6.08 Å². The fourth-order valence-corrected chi connectivity index (χ4v) is 3.25. The number of hydrogen-bond donors (Lipinski definition) is 2. The van der Waals surface area contributed by atoms with Gasteiger partial charge in [0, 0.05) is 23.3 Å². The van der Waals surface area contributed by atoms with Gasteiger partial charge in [-0.25, -0.2) is 0 Å². The van der Waals surface area contributed by atoms with Crippen molar-refractivity contribution >= 4 is 34.7 Å². The van der Waals surface area contributed by atoms with E-state index in [2.05, 4.69) is 0 Å². The quantitative estimate of drug-likeness (QED) is 0.480. The Morgan fingerprint density at radius 2 is 1.88 bits per heavy atom. The molecule has 0 saturated carbocycles. The van der Waals surface area contributed by atoms with Crippen LogP contribution >= 0.6 is 11.8 Å². The Hall–Kier alpha value is -3.33. The molecule has 0 bridgehead atoms. The number of aromatic hydroxyl groups is 2. The summed E-state index contributed by atoms with van der Waals surface area (Å²) >= 11 is 0.678. The number of phenolic OH excluding ortho intramolecular Hbond substituents is 2. The third kappa shape index (κ3) is 3.38. The van der Waals surface area contributed by atoms with Crippen LogP contribution in [0.5, 0.6) is 11.5 Å². The molecular formula is C17H12N2O6S. The fraction of sp³-hybridized carbons (Fsp3) is 0.0588. The molecule has 1 fully saturated rings. The topological polar surface area (TPSA) is 121 Å². The van der Waals surface area contributed by atoms with E-state index >= 15 is 0 Å². The minimum absolute atomic E-state index is 0.0783. The number of carbonyl (C=O) groups is 2. The molecule has 0 unspecified atom stereocenters. The summed E-state index contributed by atoms with van der Waals surface area (Å²) in [6.07, 6.45) is 1.33. The molecule has 1 aliphatic heterocycles. The third-order valence-corrected chi connectivity index (χ3v) is 4.60. The second kappa shape index (κ2) is 6.89. The Balaban J connectivity index is 1.88.